The Morgan fingerprint density at radius 2 is 1.79 bits per heavy atom. The lowest BCUT2D eigenvalue weighted by Gasteiger charge is -2.17. The molecule has 0 bridgehead atoms. The number of benzene rings is 3. The molecule has 1 amide bonds. The largest absolute Gasteiger partial charge is 0.493 e. The lowest BCUT2D eigenvalue weighted by Crippen LogP contribution is -2.24. The molecule has 1 fully saturated rings. The maximum absolute atomic E-state index is 13.1. The zero-order valence-corrected chi connectivity index (χ0v) is 23.0. The molecule has 1 N–H and O–H groups in total. The van der Waals surface area contributed by atoms with Crippen LogP contribution in [-0.2, 0) is 13.1 Å². The molecule has 0 unspecified atom stereocenters. The molecule has 5 rings (SSSR count). The van der Waals surface area contributed by atoms with Gasteiger partial charge in [-0.1, -0.05) is 35.3 Å². The number of nitrogens with zero attached hydrogens (tertiary/aromatic N) is 3. The lowest BCUT2D eigenvalue weighted by atomic mass is 10.1. The molecular formula is C29H30Cl2N4O3. The van der Waals surface area contributed by atoms with Crippen molar-refractivity contribution in [2.45, 2.75) is 25.9 Å². The minimum atomic E-state index is -0.195. The second-order valence-electron chi connectivity index (χ2n) is 9.30. The highest BCUT2D eigenvalue weighted by Gasteiger charge is 2.18. The number of rotatable bonds is 9. The summed E-state index contributed by atoms with van der Waals surface area (Å²) in [6.45, 7) is 4.27. The van der Waals surface area contributed by atoms with Crippen LogP contribution in [0.3, 0.4) is 0 Å². The van der Waals surface area contributed by atoms with Crippen LogP contribution in [-0.4, -0.2) is 54.2 Å². The Balaban J connectivity index is 1.43. The van der Waals surface area contributed by atoms with Gasteiger partial charge in [-0.2, -0.15) is 0 Å². The summed E-state index contributed by atoms with van der Waals surface area (Å²) >= 11 is 12.5. The highest BCUT2D eigenvalue weighted by atomic mass is 35.5. The number of hydrogen-bond acceptors (Lipinski definition) is 5. The molecule has 1 aromatic heterocycles. The van der Waals surface area contributed by atoms with E-state index in [2.05, 4.69) is 14.8 Å². The fraction of sp³-hybridized carbons (Fsp3) is 0.310. The van der Waals surface area contributed by atoms with E-state index in [1.807, 2.05) is 48.5 Å². The minimum absolute atomic E-state index is 0.195. The molecule has 1 saturated heterocycles. The van der Waals surface area contributed by atoms with Gasteiger partial charge in [0, 0.05) is 36.3 Å². The van der Waals surface area contributed by atoms with Crippen molar-refractivity contribution in [1.29, 1.82) is 0 Å². The zero-order chi connectivity index (χ0) is 26.6. The molecule has 9 heteroatoms. The van der Waals surface area contributed by atoms with Gasteiger partial charge in [-0.25, -0.2) is 4.98 Å². The van der Waals surface area contributed by atoms with Crippen molar-refractivity contribution in [3.63, 3.8) is 0 Å². The minimum Gasteiger partial charge on any atom is -0.493 e. The average molecular weight is 553 g/mol. The highest BCUT2D eigenvalue weighted by Crippen LogP contribution is 2.32. The van der Waals surface area contributed by atoms with Crippen molar-refractivity contribution in [2.75, 3.05) is 33.9 Å². The average Bonchev–Trinajstić information content (AvgIpc) is 3.59. The lowest BCUT2D eigenvalue weighted by molar-refractivity contribution is 0.0950. The molecule has 1 aliphatic heterocycles. The van der Waals surface area contributed by atoms with Crippen LogP contribution < -0.4 is 14.8 Å². The SMILES string of the molecule is COc1cccc(CNC(=O)c2ccc3c(c2)nc(-c2ccc(Cl)c(Cl)c2)n3CCN2CCCC2)c1OC. The Labute approximate surface area is 232 Å². The number of likely N-dealkylation sites (tertiary alicyclic amines) is 1. The molecular weight excluding hydrogens is 523 g/mol. The van der Waals surface area contributed by atoms with Gasteiger partial charge < -0.3 is 24.3 Å². The van der Waals surface area contributed by atoms with E-state index < -0.39 is 0 Å². The molecule has 2 heterocycles. The van der Waals surface area contributed by atoms with E-state index in [0.29, 0.717) is 33.7 Å². The number of para-hydroxylation sites is 1. The van der Waals surface area contributed by atoms with Crippen LogP contribution in [0.5, 0.6) is 11.5 Å². The predicted molar refractivity (Wildman–Crippen MR) is 152 cm³/mol. The van der Waals surface area contributed by atoms with E-state index >= 15 is 0 Å². The molecule has 3 aromatic carbocycles. The quantitative estimate of drug-likeness (QED) is 0.273. The van der Waals surface area contributed by atoms with Crippen molar-refractivity contribution in [3.8, 4) is 22.9 Å². The molecule has 0 spiro atoms. The number of aromatic nitrogens is 2. The molecule has 0 atom stereocenters. The monoisotopic (exact) mass is 552 g/mol. The number of ether oxygens (including phenoxy) is 2. The maximum Gasteiger partial charge on any atom is 0.251 e. The van der Waals surface area contributed by atoms with Crippen LogP contribution in [0, 0.1) is 0 Å². The summed E-state index contributed by atoms with van der Waals surface area (Å²) in [7, 11) is 3.18. The van der Waals surface area contributed by atoms with Gasteiger partial charge in [-0.3, -0.25) is 4.79 Å². The number of methoxy groups -OCH3 is 2. The van der Waals surface area contributed by atoms with Crippen molar-refractivity contribution in [1.82, 2.24) is 19.8 Å². The Hall–Kier alpha value is -3.26. The van der Waals surface area contributed by atoms with Gasteiger partial charge in [-0.15, -0.1) is 0 Å². The van der Waals surface area contributed by atoms with E-state index in [1.54, 1.807) is 20.3 Å². The number of halogens is 2. The summed E-state index contributed by atoms with van der Waals surface area (Å²) in [6.07, 6.45) is 2.48. The van der Waals surface area contributed by atoms with E-state index in [9.17, 15) is 4.79 Å². The molecule has 4 aromatic rings. The first-order valence-electron chi connectivity index (χ1n) is 12.6. The summed E-state index contributed by atoms with van der Waals surface area (Å²) in [5.41, 5.74) is 3.96. The molecule has 0 aliphatic carbocycles. The number of nitrogens with one attached hydrogen (secondary N) is 1. The topological polar surface area (TPSA) is 68.6 Å². The van der Waals surface area contributed by atoms with E-state index in [1.165, 1.54) is 12.8 Å². The smallest absolute Gasteiger partial charge is 0.251 e. The van der Waals surface area contributed by atoms with E-state index in [0.717, 1.165) is 54.2 Å². The standard InChI is InChI=1S/C29H30Cl2N4O3/c1-37-26-7-5-6-21(27(26)38-2)18-32-29(36)20-9-11-25-24(17-20)33-28(19-8-10-22(30)23(31)16-19)35(25)15-14-34-12-3-4-13-34/h5-11,16-17H,3-4,12-15,18H2,1-2H3,(H,32,36). The van der Waals surface area contributed by atoms with Crippen LogP contribution in [0.1, 0.15) is 28.8 Å². The number of fused-ring (bicyclic) bond motifs is 1. The summed E-state index contributed by atoms with van der Waals surface area (Å²) in [5, 5.41) is 3.97. The number of carbonyl (C=O) groups is 1. The van der Waals surface area contributed by atoms with E-state index in [-0.39, 0.29) is 5.91 Å². The zero-order valence-electron chi connectivity index (χ0n) is 21.5. The van der Waals surface area contributed by atoms with Gasteiger partial charge in [0.05, 0.1) is 35.3 Å². The van der Waals surface area contributed by atoms with Crippen LogP contribution in [0.4, 0.5) is 0 Å². The van der Waals surface area contributed by atoms with Gasteiger partial charge in [0.15, 0.2) is 11.5 Å². The third-order valence-corrected chi connectivity index (χ3v) is 7.69. The summed E-state index contributed by atoms with van der Waals surface area (Å²) in [5.74, 6) is 1.83. The summed E-state index contributed by atoms with van der Waals surface area (Å²) in [4.78, 5) is 20.5. The number of imidazole rings is 1. The van der Waals surface area contributed by atoms with Gasteiger partial charge in [0.1, 0.15) is 5.82 Å². The Morgan fingerprint density at radius 3 is 2.53 bits per heavy atom. The third kappa shape index (κ3) is 5.46. The highest BCUT2D eigenvalue weighted by molar-refractivity contribution is 6.42. The number of amides is 1. The normalized spacial score (nSPS) is 13.7. The molecule has 0 saturated carbocycles. The molecule has 198 valence electrons. The van der Waals surface area contributed by atoms with Gasteiger partial charge in [0.2, 0.25) is 0 Å². The molecule has 7 nitrogen and oxygen atoms in total. The second kappa shape index (κ2) is 11.6. The Kier molecular flexibility index (Phi) is 8.07. The fourth-order valence-electron chi connectivity index (χ4n) is 4.97. The van der Waals surface area contributed by atoms with Crippen LogP contribution in [0.2, 0.25) is 10.0 Å². The fourth-order valence-corrected chi connectivity index (χ4v) is 5.27. The molecule has 38 heavy (non-hydrogen) atoms. The van der Waals surface area contributed by atoms with Crippen molar-refractivity contribution in [2.24, 2.45) is 0 Å². The second-order valence-corrected chi connectivity index (χ2v) is 10.1. The predicted octanol–water partition coefficient (Wildman–Crippen LogP) is 6.05. The summed E-state index contributed by atoms with van der Waals surface area (Å²) < 4.78 is 13.1. The first-order valence-corrected chi connectivity index (χ1v) is 13.4. The van der Waals surface area contributed by atoms with Crippen molar-refractivity contribution in [3.05, 3.63) is 75.8 Å². The first kappa shape index (κ1) is 26.4. The molecule has 1 aliphatic rings. The number of carbonyl (C=O) groups excluding carboxylic acids is 1. The van der Waals surface area contributed by atoms with Crippen LogP contribution >= 0.6 is 23.2 Å². The van der Waals surface area contributed by atoms with Gasteiger partial charge >= 0.3 is 0 Å². The first-order chi connectivity index (χ1) is 18.5. The van der Waals surface area contributed by atoms with Gasteiger partial charge in [0.25, 0.3) is 5.91 Å². The molecule has 0 radical (unpaired) electrons. The Morgan fingerprint density at radius 1 is 0.974 bits per heavy atom. The Bertz CT molecular complexity index is 1460. The third-order valence-electron chi connectivity index (χ3n) is 6.95. The van der Waals surface area contributed by atoms with Crippen LogP contribution in [0.25, 0.3) is 22.4 Å². The van der Waals surface area contributed by atoms with Crippen molar-refractivity contribution >= 4 is 40.1 Å². The van der Waals surface area contributed by atoms with Gasteiger partial charge in [-0.05, 0) is 68.4 Å². The summed E-state index contributed by atoms with van der Waals surface area (Å²) in [6, 6.07) is 16.8. The van der Waals surface area contributed by atoms with Crippen molar-refractivity contribution < 1.29 is 14.3 Å². The number of hydrogen-bond donors (Lipinski definition) is 1. The van der Waals surface area contributed by atoms with E-state index in [4.69, 9.17) is 37.7 Å². The maximum atomic E-state index is 13.1. The van der Waals surface area contributed by atoms with Crippen LogP contribution in [0.15, 0.2) is 54.6 Å².